The van der Waals surface area contributed by atoms with Crippen LogP contribution in [-0.4, -0.2) is 62.6 Å². The van der Waals surface area contributed by atoms with Crippen molar-refractivity contribution in [3.63, 3.8) is 0 Å². The first kappa shape index (κ1) is 29.1. The maximum absolute atomic E-state index is 14.4. The van der Waals surface area contributed by atoms with Gasteiger partial charge < -0.3 is 30.2 Å². The smallest absolute Gasteiger partial charge is 0.405 e. The molecule has 0 saturated heterocycles. The Labute approximate surface area is 224 Å². The molecule has 1 atom stereocenters. The second kappa shape index (κ2) is 12.9. The number of halogens is 1. The van der Waals surface area contributed by atoms with Gasteiger partial charge >= 0.3 is 6.09 Å². The molecule has 0 aliphatic heterocycles. The fourth-order valence-corrected chi connectivity index (χ4v) is 4.02. The minimum absolute atomic E-state index is 0.0289. The van der Waals surface area contributed by atoms with Gasteiger partial charge in [0.15, 0.2) is 0 Å². The van der Waals surface area contributed by atoms with Crippen molar-refractivity contribution < 1.29 is 23.9 Å². The zero-order valence-corrected chi connectivity index (χ0v) is 22.3. The summed E-state index contributed by atoms with van der Waals surface area (Å²) < 4.78 is 15.8. The van der Waals surface area contributed by atoms with E-state index in [2.05, 4.69) is 20.6 Å². The first-order valence-corrected chi connectivity index (χ1v) is 12.5. The van der Waals surface area contributed by atoms with Crippen molar-refractivity contribution in [2.24, 2.45) is 5.92 Å². The number of pyridine rings is 2. The maximum Gasteiger partial charge on any atom is 0.405 e. The van der Waals surface area contributed by atoms with Gasteiger partial charge in [-0.15, -0.1) is 0 Å². The lowest BCUT2D eigenvalue weighted by molar-refractivity contribution is -0.123. The van der Waals surface area contributed by atoms with Gasteiger partial charge in [0.25, 0.3) is 5.56 Å². The molecule has 0 aliphatic carbocycles. The average molecular weight is 541 g/mol. The summed E-state index contributed by atoms with van der Waals surface area (Å²) in [5.74, 6) is -1.10. The first-order valence-electron chi connectivity index (χ1n) is 12.5. The fraction of sp³-hybridized carbons (Fsp3) is 0.370. The molecule has 0 bridgehead atoms. The van der Waals surface area contributed by atoms with Gasteiger partial charge in [-0.1, -0.05) is 19.9 Å². The molecular formula is C27H33FN6O5. The number of aromatic amines is 1. The number of amides is 3. The van der Waals surface area contributed by atoms with Gasteiger partial charge in [-0.2, -0.15) is 0 Å². The van der Waals surface area contributed by atoms with Crippen LogP contribution in [0.2, 0.25) is 0 Å². The van der Waals surface area contributed by atoms with Crippen molar-refractivity contribution in [3.05, 3.63) is 70.2 Å². The summed E-state index contributed by atoms with van der Waals surface area (Å²) in [5, 5.41) is 13.8. The van der Waals surface area contributed by atoms with E-state index in [9.17, 15) is 23.6 Å². The summed E-state index contributed by atoms with van der Waals surface area (Å²) >= 11 is 0. The van der Waals surface area contributed by atoms with Crippen molar-refractivity contribution in [2.45, 2.75) is 45.7 Å². The van der Waals surface area contributed by atoms with E-state index < -0.39 is 29.4 Å². The van der Waals surface area contributed by atoms with E-state index in [1.807, 2.05) is 13.8 Å². The summed E-state index contributed by atoms with van der Waals surface area (Å²) in [4.78, 5) is 57.5. The summed E-state index contributed by atoms with van der Waals surface area (Å²) in [6.45, 7) is 4.10. The number of carbonyl (C=O) groups is 3. The number of aromatic nitrogens is 3. The number of hydrogen-bond donors (Lipinski definition) is 4. The maximum atomic E-state index is 14.4. The number of fused-ring (bicyclic) bond motifs is 1. The van der Waals surface area contributed by atoms with Crippen molar-refractivity contribution in [3.8, 4) is 0 Å². The standard InChI is InChI=1S/C27H33FN6O5/c1-16(2)12-18-19(28)14-29-22-13-17(30-24(18)22)15-34-11-7-9-21(26(34)37)31-25(36)20(32-27(38)39)8-5-6-10-23(35)33(3)4/h6-7,9-11,13-14,16,20,30,32H,5,8,12,15H2,1-4H3,(H,31,36)(H,38,39)/b10-6+. The average Bonchev–Trinajstić information content (AvgIpc) is 3.27. The van der Waals surface area contributed by atoms with E-state index >= 15 is 0 Å². The monoisotopic (exact) mass is 540 g/mol. The molecule has 11 nitrogen and oxygen atoms in total. The van der Waals surface area contributed by atoms with Crippen LogP contribution in [0.5, 0.6) is 0 Å². The molecule has 3 aromatic rings. The van der Waals surface area contributed by atoms with Crippen molar-refractivity contribution in [2.75, 3.05) is 19.4 Å². The van der Waals surface area contributed by atoms with Crippen LogP contribution in [0.1, 0.15) is 37.9 Å². The Hall–Kier alpha value is -4.48. The molecular weight excluding hydrogens is 507 g/mol. The number of nitrogens with zero attached hydrogens (tertiary/aromatic N) is 3. The Balaban J connectivity index is 1.77. The summed E-state index contributed by atoms with van der Waals surface area (Å²) in [7, 11) is 3.20. The normalized spacial score (nSPS) is 12.2. The van der Waals surface area contributed by atoms with Crippen LogP contribution >= 0.6 is 0 Å². The van der Waals surface area contributed by atoms with Gasteiger partial charge in [0.05, 0.1) is 23.8 Å². The molecule has 4 N–H and O–H groups in total. The van der Waals surface area contributed by atoms with Crippen LogP contribution in [0.25, 0.3) is 11.0 Å². The van der Waals surface area contributed by atoms with Crippen LogP contribution in [-0.2, 0) is 22.6 Å². The molecule has 3 rings (SSSR count). The van der Waals surface area contributed by atoms with Crippen molar-refractivity contribution in [1.82, 2.24) is 24.8 Å². The molecule has 0 aliphatic rings. The minimum Gasteiger partial charge on any atom is -0.465 e. The third kappa shape index (κ3) is 7.76. The van der Waals surface area contributed by atoms with E-state index in [1.54, 1.807) is 38.5 Å². The molecule has 3 heterocycles. The van der Waals surface area contributed by atoms with E-state index in [1.165, 1.54) is 27.8 Å². The highest BCUT2D eigenvalue weighted by Crippen LogP contribution is 2.23. The molecule has 0 radical (unpaired) electrons. The predicted octanol–water partition coefficient (Wildman–Crippen LogP) is 3.11. The molecule has 39 heavy (non-hydrogen) atoms. The number of rotatable bonds is 11. The highest BCUT2D eigenvalue weighted by molar-refractivity contribution is 5.96. The number of carboxylic acid groups (broad SMARTS) is 1. The molecule has 0 spiro atoms. The topological polar surface area (TPSA) is 149 Å². The highest BCUT2D eigenvalue weighted by Gasteiger charge is 2.21. The third-order valence-electron chi connectivity index (χ3n) is 5.93. The Kier molecular flexibility index (Phi) is 9.58. The Morgan fingerprint density at radius 2 is 2.03 bits per heavy atom. The quantitative estimate of drug-likeness (QED) is 0.275. The molecule has 3 amide bonds. The van der Waals surface area contributed by atoms with E-state index in [0.29, 0.717) is 28.7 Å². The van der Waals surface area contributed by atoms with Crippen LogP contribution < -0.4 is 16.2 Å². The van der Waals surface area contributed by atoms with Gasteiger partial charge in [-0.05, 0) is 49.5 Å². The lowest BCUT2D eigenvalue weighted by atomic mass is 10.0. The van der Waals surface area contributed by atoms with E-state index in [-0.39, 0.29) is 36.9 Å². The summed E-state index contributed by atoms with van der Waals surface area (Å²) in [6.07, 6.45) is 5.09. The fourth-order valence-electron chi connectivity index (χ4n) is 4.02. The Morgan fingerprint density at radius 1 is 1.28 bits per heavy atom. The van der Waals surface area contributed by atoms with Gasteiger partial charge in [-0.3, -0.25) is 19.4 Å². The number of H-pyrrole nitrogens is 1. The second-order valence-electron chi connectivity index (χ2n) is 9.80. The van der Waals surface area contributed by atoms with Crippen LogP contribution in [0.4, 0.5) is 14.9 Å². The van der Waals surface area contributed by atoms with E-state index in [0.717, 1.165) is 0 Å². The van der Waals surface area contributed by atoms with Gasteiger partial charge in [0.2, 0.25) is 11.8 Å². The molecule has 208 valence electrons. The van der Waals surface area contributed by atoms with Crippen molar-refractivity contribution in [1.29, 1.82) is 0 Å². The largest absolute Gasteiger partial charge is 0.465 e. The SMILES string of the molecule is CC(C)Cc1c(F)cnc2cc(Cn3cccc(NC(=O)C(CC/C=C/C(=O)N(C)C)NC(=O)O)c3=O)[nH]c12. The summed E-state index contributed by atoms with van der Waals surface area (Å²) in [5.41, 5.74) is 1.80. The first-order chi connectivity index (χ1) is 18.5. The summed E-state index contributed by atoms with van der Waals surface area (Å²) in [6, 6.07) is 3.60. The zero-order chi connectivity index (χ0) is 28.7. The third-order valence-corrected chi connectivity index (χ3v) is 5.93. The predicted molar refractivity (Wildman–Crippen MR) is 145 cm³/mol. The number of hydrogen-bond acceptors (Lipinski definition) is 5. The minimum atomic E-state index is -1.39. The van der Waals surface area contributed by atoms with Crippen LogP contribution in [0.3, 0.4) is 0 Å². The highest BCUT2D eigenvalue weighted by atomic mass is 19.1. The molecule has 0 saturated carbocycles. The molecule has 1 unspecified atom stereocenters. The molecule has 0 aromatic carbocycles. The molecule has 3 aromatic heterocycles. The van der Waals surface area contributed by atoms with E-state index in [4.69, 9.17) is 5.11 Å². The number of nitrogens with one attached hydrogen (secondary N) is 3. The Morgan fingerprint density at radius 3 is 2.69 bits per heavy atom. The van der Waals surface area contributed by atoms with Gasteiger partial charge in [-0.25, -0.2) is 9.18 Å². The number of likely N-dealkylation sites (N-methyl/N-ethyl adjacent to an activating group) is 1. The van der Waals surface area contributed by atoms with Crippen LogP contribution in [0.15, 0.2) is 47.5 Å². The van der Waals surface area contributed by atoms with Gasteiger partial charge in [0, 0.05) is 31.5 Å². The number of carbonyl (C=O) groups excluding carboxylic acids is 2. The Bertz CT molecular complexity index is 1440. The lowest BCUT2D eigenvalue weighted by Crippen LogP contribution is -2.44. The molecule has 0 fully saturated rings. The zero-order valence-electron chi connectivity index (χ0n) is 22.3. The van der Waals surface area contributed by atoms with Crippen molar-refractivity contribution >= 4 is 34.6 Å². The lowest BCUT2D eigenvalue weighted by Gasteiger charge is -2.16. The van der Waals surface area contributed by atoms with Gasteiger partial charge in [0.1, 0.15) is 17.5 Å². The number of allylic oxidation sites excluding steroid dienone is 1. The second-order valence-corrected chi connectivity index (χ2v) is 9.80. The molecule has 12 heteroatoms. The number of anilines is 1. The van der Waals surface area contributed by atoms with Crippen LogP contribution in [0, 0.1) is 11.7 Å².